The lowest BCUT2D eigenvalue weighted by Crippen LogP contribution is -2.53. The van der Waals surface area contributed by atoms with Crippen molar-refractivity contribution in [1.82, 2.24) is 26.4 Å². The second kappa shape index (κ2) is 17.4. The molecule has 1 aromatic carbocycles. The quantitative estimate of drug-likeness (QED) is 0.161. The molecule has 214 valence electrons. The highest BCUT2D eigenvalue weighted by Gasteiger charge is 2.24. The van der Waals surface area contributed by atoms with Gasteiger partial charge in [0, 0.05) is 12.6 Å². The van der Waals surface area contributed by atoms with Gasteiger partial charge in [-0.1, -0.05) is 35.5 Å². The van der Waals surface area contributed by atoms with Crippen molar-refractivity contribution in [3.8, 4) is 0 Å². The minimum atomic E-state index is -1.17. The lowest BCUT2D eigenvalue weighted by Gasteiger charge is -2.21. The highest BCUT2D eigenvalue weighted by atomic mass is 16.5. The van der Waals surface area contributed by atoms with Crippen molar-refractivity contribution in [3.05, 3.63) is 53.4 Å². The molecule has 0 aliphatic carbocycles. The Labute approximate surface area is 227 Å². The highest BCUT2D eigenvalue weighted by molar-refractivity contribution is 5.88. The zero-order valence-electron chi connectivity index (χ0n) is 22.1. The Morgan fingerprint density at radius 1 is 1.00 bits per heavy atom. The summed E-state index contributed by atoms with van der Waals surface area (Å²) in [6.07, 6.45) is 2.08. The number of alkyl carbamates (subject to hydrolysis) is 1. The number of carbonyl (C=O) groups excluding carboxylic acids is 3. The first kappa shape index (κ1) is 31.1. The molecule has 2 rings (SSSR count). The first-order valence-corrected chi connectivity index (χ1v) is 12.9. The SMILES string of the molecule is Cc1cc(CNC(=O)[C@@H](CCCCNC(=O)OCc2ccccc2)NC(=O)NC(CCCCN)C(=O)O)on1. The number of carboxylic acids is 1. The molecule has 1 aromatic heterocycles. The zero-order chi connectivity index (χ0) is 28.5. The number of amides is 4. The fourth-order valence-electron chi connectivity index (χ4n) is 3.61. The molecule has 0 spiro atoms. The number of aliphatic carboxylic acids is 1. The summed E-state index contributed by atoms with van der Waals surface area (Å²) in [7, 11) is 0. The van der Waals surface area contributed by atoms with Crippen LogP contribution in [0.2, 0.25) is 0 Å². The standard InChI is InChI=1S/C26H38N6O7/c1-18-15-20(39-32-18)16-29-23(33)21(30-25(36)31-22(24(34)35)12-5-7-13-27)11-6-8-14-28-26(37)38-17-19-9-3-2-4-10-19/h2-4,9-10,15,21-22H,5-8,11-14,16-17,27H2,1H3,(H,28,37)(H,29,33)(H,34,35)(H2,30,31,36)/t21-,22?/m1/s1. The fraction of sp³-hybridized carbons (Fsp3) is 0.500. The summed E-state index contributed by atoms with van der Waals surface area (Å²) in [5, 5.41) is 23.5. The molecular formula is C26H38N6O7. The van der Waals surface area contributed by atoms with Crippen molar-refractivity contribution in [1.29, 1.82) is 0 Å². The van der Waals surface area contributed by atoms with Crippen LogP contribution in [0.1, 0.15) is 55.5 Å². The van der Waals surface area contributed by atoms with Gasteiger partial charge in [0.25, 0.3) is 0 Å². The van der Waals surface area contributed by atoms with Gasteiger partial charge in [0.05, 0.1) is 12.2 Å². The first-order chi connectivity index (χ1) is 18.8. The molecule has 13 nitrogen and oxygen atoms in total. The van der Waals surface area contributed by atoms with Crippen molar-refractivity contribution in [2.24, 2.45) is 5.73 Å². The van der Waals surface area contributed by atoms with Crippen LogP contribution in [0.3, 0.4) is 0 Å². The zero-order valence-corrected chi connectivity index (χ0v) is 22.1. The number of aryl methyl sites for hydroxylation is 1. The second-order valence-corrected chi connectivity index (χ2v) is 8.98. The van der Waals surface area contributed by atoms with Crippen molar-refractivity contribution < 1.29 is 33.5 Å². The summed E-state index contributed by atoms with van der Waals surface area (Å²) in [6, 6.07) is 8.14. The molecule has 1 unspecified atom stereocenters. The van der Waals surface area contributed by atoms with Crippen LogP contribution >= 0.6 is 0 Å². The van der Waals surface area contributed by atoms with Gasteiger partial charge in [-0.3, -0.25) is 4.79 Å². The van der Waals surface area contributed by atoms with Gasteiger partial charge in [-0.05, 0) is 57.6 Å². The number of nitrogens with two attached hydrogens (primary N) is 1. The summed E-state index contributed by atoms with van der Waals surface area (Å²) in [5.41, 5.74) is 6.99. The number of benzene rings is 1. The predicted octanol–water partition coefficient (Wildman–Crippen LogP) is 1.95. The number of aromatic nitrogens is 1. The molecule has 2 atom stereocenters. The van der Waals surface area contributed by atoms with Crippen LogP contribution < -0.4 is 27.0 Å². The summed E-state index contributed by atoms with van der Waals surface area (Å²) < 4.78 is 10.3. The molecule has 0 aliphatic rings. The number of ether oxygens (including phenoxy) is 1. The molecule has 0 saturated carbocycles. The van der Waals surface area contributed by atoms with E-state index in [9.17, 15) is 24.3 Å². The number of carbonyl (C=O) groups is 4. The molecule has 0 bridgehead atoms. The van der Waals surface area contributed by atoms with Crippen LogP contribution in [0.4, 0.5) is 9.59 Å². The topological polar surface area (TPSA) is 198 Å². The van der Waals surface area contributed by atoms with Gasteiger partial charge >= 0.3 is 18.1 Å². The number of nitrogens with one attached hydrogen (secondary N) is 4. The van der Waals surface area contributed by atoms with Crippen LogP contribution in [-0.2, 0) is 27.5 Å². The van der Waals surface area contributed by atoms with Crippen molar-refractivity contribution in [2.75, 3.05) is 13.1 Å². The molecule has 4 amide bonds. The minimum Gasteiger partial charge on any atom is -0.480 e. The Morgan fingerprint density at radius 2 is 1.69 bits per heavy atom. The maximum atomic E-state index is 12.8. The van der Waals surface area contributed by atoms with E-state index in [-0.39, 0.29) is 26.0 Å². The number of hydrogen-bond acceptors (Lipinski definition) is 8. The molecule has 2 aromatic rings. The number of unbranched alkanes of at least 4 members (excludes halogenated alkanes) is 2. The second-order valence-electron chi connectivity index (χ2n) is 8.98. The van der Waals surface area contributed by atoms with E-state index in [2.05, 4.69) is 26.4 Å². The van der Waals surface area contributed by atoms with Crippen LogP contribution in [0, 0.1) is 6.92 Å². The number of rotatable bonds is 17. The predicted molar refractivity (Wildman–Crippen MR) is 141 cm³/mol. The minimum absolute atomic E-state index is 0.0745. The lowest BCUT2D eigenvalue weighted by molar-refractivity contribution is -0.139. The average molecular weight is 547 g/mol. The molecule has 39 heavy (non-hydrogen) atoms. The molecule has 0 radical (unpaired) electrons. The Hall–Kier alpha value is -4.13. The van der Waals surface area contributed by atoms with E-state index in [1.165, 1.54) is 0 Å². The third kappa shape index (κ3) is 12.8. The van der Waals surface area contributed by atoms with Gasteiger partial charge in [0.2, 0.25) is 5.91 Å². The molecule has 0 saturated heterocycles. The number of nitrogens with zero attached hydrogens (tertiary/aromatic N) is 1. The van der Waals surface area contributed by atoms with E-state index in [0.29, 0.717) is 50.2 Å². The normalized spacial score (nSPS) is 12.2. The van der Waals surface area contributed by atoms with E-state index < -0.39 is 36.1 Å². The first-order valence-electron chi connectivity index (χ1n) is 12.9. The lowest BCUT2D eigenvalue weighted by atomic mass is 10.1. The molecule has 0 aliphatic heterocycles. The van der Waals surface area contributed by atoms with Crippen molar-refractivity contribution in [3.63, 3.8) is 0 Å². The van der Waals surface area contributed by atoms with E-state index in [4.69, 9.17) is 15.0 Å². The maximum absolute atomic E-state index is 12.8. The third-order valence-corrected chi connectivity index (χ3v) is 5.69. The molecule has 1 heterocycles. The summed E-state index contributed by atoms with van der Waals surface area (Å²) in [5.74, 6) is -1.19. The van der Waals surface area contributed by atoms with Gasteiger partial charge in [0.15, 0.2) is 5.76 Å². The van der Waals surface area contributed by atoms with Gasteiger partial charge in [0.1, 0.15) is 18.7 Å². The summed E-state index contributed by atoms with van der Waals surface area (Å²) in [6.45, 7) is 2.72. The van der Waals surface area contributed by atoms with Crippen LogP contribution in [0.25, 0.3) is 0 Å². The third-order valence-electron chi connectivity index (χ3n) is 5.69. The van der Waals surface area contributed by atoms with E-state index >= 15 is 0 Å². The average Bonchev–Trinajstić information content (AvgIpc) is 3.34. The van der Waals surface area contributed by atoms with E-state index in [1.54, 1.807) is 13.0 Å². The highest BCUT2D eigenvalue weighted by Crippen LogP contribution is 2.06. The van der Waals surface area contributed by atoms with Gasteiger partial charge in [-0.2, -0.15) is 0 Å². The van der Waals surface area contributed by atoms with Crippen LogP contribution in [-0.4, -0.2) is 59.4 Å². The Kier molecular flexibility index (Phi) is 13.9. The monoisotopic (exact) mass is 546 g/mol. The van der Waals surface area contributed by atoms with E-state index in [1.807, 2.05) is 30.3 Å². The Bertz CT molecular complexity index is 1050. The number of urea groups is 1. The summed E-state index contributed by atoms with van der Waals surface area (Å²) in [4.78, 5) is 48.8. The van der Waals surface area contributed by atoms with Gasteiger partial charge in [-0.15, -0.1) is 0 Å². The largest absolute Gasteiger partial charge is 0.480 e. The van der Waals surface area contributed by atoms with E-state index in [0.717, 1.165) is 5.56 Å². The summed E-state index contributed by atoms with van der Waals surface area (Å²) >= 11 is 0. The van der Waals surface area contributed by atoms with Gasteiger partial charge < -0.3 is 41.4 Å². The number of hydrogen-bond donors (Lipinski definition) is 6. The van der Waals surface area contributed by atoms with Crippen LogP contribution in [0.5, 0.6) is 0 Å². The van der Waals surface area contributed by atoms with Crippen molar-refractivity contribution >= 4 is 24.0 Å². The Morgan fingerprint density at radius 3 is 2.36 bits per heavy atom. The molecular weight excluding hydrogens is 508 g/mol. The maximum Gasteiger partial charge on any atom is 0.407 e. The Balaban J connectivity index is 1.83. The fourth-order valence-corrected chi connectivity index (χ4v) is 3.61. The molecule has 0 fully saturated rings. The smallest absolute Gasteiger partial charge is 0.407 e. The van der Waals surface area contributed by atoms with Crippen molar-refractivity contribution in [2.45, 2.75) is 70.7 Å². The number of carboxylic acid groups (broad SMARTS) is 1. The van der Waals surface area contributed by atoms with Crippen LogP contribution in [0.15, 0.2) is 40.9 Å². The molecule has 7 N–H and O–H groups in total. The van der Waals surface area contributed by atoms with Gasteiger partial charge in [-0.25, -0.2) is 14.4 Å². The molecule has 13 heteroatoms.